The zero-order chi connectivity index (χ0) is 16.0. The molecule has 0 saturated carbocycles. The summed E-state index contributed by atoms with van der Waals surface area (Å²) in [7, 11) is -3.11. The van der Waals surface area contributed by atoms with Crippen molar-refractivity contribution in [1.29, 1.82) is 0 Å². The molecule has 0 aromatic heterocycles. The largest absolute Gasteiger partial charge is 0.448 e. The van der Waals surface area contributed by atoms with Crippen LogP contribution in [-0.2, 0) is 25.8 Å². The first-order valence-corrected chi connectivity index (χ1v) is 8.92. The van der Waals surface area contributed by atoms with Gasteiger partial charge in [-0.1, -0.05) is 18.2 Å². The van der Waals surface area contributed by atoms with Crippen molar-refractivity contribution < 1.29 is 22.7 Å². The van der Waals surface area contributed by atoms with Crippen LogP contribution in [0.5, 0.6) is 0 Å². The van der Waals surface area contributed by atoms with Gasteiger partial charge in [0.1, 0.15) is 0 Å². The Morgan fingerprint density at radius 2 is 2.09 bits per heavy atom. The lowest BCUT2D eigenvalue weighted by Crippen LogP contribution is -2.52. The Morgan fingerprint density at radius 1 is 1.36 bits per heavy atom. The van der Waals surface area contributed by atoms with Crippen molar-refractivity contribution in [3.8, 4) is 0 Å². The van der Waals surface area contributed by atoms with Crippen LogP contribution in [0.25, 0.3) is 0 Å². The SMILES string of the molecule is C[C@@]1(NC(=O)[C@@H]2Cc3ccccc3C(=O)O2)CCS(=O)(=O)C1. The van der Waals surface area contributed by atoms with Crippen molar-refractivity contribution in [3.63, 3.8) is 0 Å². The molecule has 7 heteroatoms. The second-order valence-electron chi connectivity index (χ2n) is 6.15. The monoisotopic (exact) mass is 323 g/mol. The molecule has 2 heterocycles. The third-order valence-corrected chi connectivity index (χ3v) is 6.02. The van der Waals surface area contributed by atoms with E-state index in [1.54, 1.807) is 31.2 Å². The zero-order valence-corrected chi connectivity index (χ0v) is 13.0. The maximum absolute atomic E-state index is 12.3. The minimum absolute atomic E-state index is 0.0665. The lowest BCUT2D eigenvalue weighted by Gasteiger charge is -2.29. The smallest absolute Gasteiger partial charge is 0.339 e. The molecule has 0 unspecified atom stereocenters. The van der Waals surface area contributed by atoms with Crippen molar-refractivity contribution in [2.75, 3.05) is 11.5 Å². The summed E-state index contributed by atoms with van der Waals surface area (Å²) in [4.78, 5) is 24.3. The molecule has 3 rings (SSSR count). The van der Waals surface area contributed by atoms with Gasteiger partial charge < -0.3 is 10.1 Å². The van der Waals surface area contributed by atoms with Crippen molar-refractivity contribution in [2.24, 2.45) is 0 Å². The quantitative estimate of drug-likeness (QED) is 0.799. The van der Waals surface area contributed by atoms with Crippen LogP contribution >= 0.6 is 0 Å². The van der Waals surface area contributed by atoms with Gasteiger partial charge in [-0.15, -0.1) is 0 Å². The van der Waals surface area contributed by atoms with Crippen LogP contribution in [0.3, 0.4) is 0 Å². The number of carbonyl (C=O) groups is 2. The first-order valence-electron chi connectivity index (χ1n) is 7.09. The molecule has 1 aromatic carbocycles. The predicted molar refractivity (Wildman–Crippen MR) is 79.2 cm³/mol. The fourth-order valence-electron chi connectivity index (χ4n) is 2.96. The van der Waals surface area contributed by atoms with Crippen molar-refractivity contribution >= 4 is 21.7 Å². The summed E-state index contributed by atoms with van der Waals surface area (Å²) in [6.45, 7) is 1.70. The summed E-state index contributed by atoms with van der Waals surface area (Å²) in [5, 5.41) is 2.74. The van der Waals surface area contributed by atoms with E-state index in [1.165, 1.54) is 0 Å². The number of hydrogen-bond donors (Lipinski definition) is 1. The van der Waals surface area contributed by atoms with Gasteiger partial charge in [-0.3, -0.25) is 4.79 Å². The summed E-state index contributed by atoms with van der Waals surface area (Å²) in [5.74, 6) is -0.978. The van der Waals surface area contributed by atoms with E-state index in [0.717, 1.165) is 5.56 Å². The molecule has 1 aromatic rings. The van der Waals surface area contributed by atoms with Gasteiger partial charge >= 0.3 is 5.97 Å². The average Bonchev–Trinajstić information content (AvgIpc) is 2.72. The van der Waals surface area contributed by atoms with Crippen molar-refractivity contribution in [2.45, 2.75) is 31.4 Å². The fourth-order valence-corrected chi connectivity index (χ4v) is 5.06. The van der Waals surface area contributed by atoms with Gasteiger partial charge in [0.25, 0.3) is 5.91 Å². The first kappa shape index (κ1) is 15.0. The van der Waals surface area contributed by atoms with E-state index < -0.39 is 33.4 Å². The number of carbonyl (C=O) groups excluding carboxylic acids is 2. The first-order chi connectivity index (χ1) is 10.3. The van der Waals surface area contributed by atoms with E-state index >= 15 is 0 Å². The molecule has 2 aliphatic heterocycles. The summed E-state index contributed by atoms with van der Waals surface area (Å²) < 4.78 is 28.3. The predicted octanol–water partition coefficient (Wildman–Crippen LogP) is 0.462. The Hall–Kier alpha value is -1.89. The fraction of sp³-hybridized carbons (Fsp3) is 0.467. The maximum Gasteiger partial charge on any atom is 0.339 e. The van der Waals surface area contributed by atoms with E-state index in [1.807, 2.05) is 0 Å². The summed E-state index contributed by atoms with van der Waals surface area (Å²) in [6, 6.07) is 7.00. The number of rotatable bonds is 2. The van der Waals surface area contributed by atoms with Crippen LogP contribution in [-0.4, -0.2) is 43.4 Å². The number of nitrogens with one attached hydrogen (secondary N) is 1. The normalized spacial score (nSPS) is 29.5. The van der Waals surface area contributed by atoms with Crippen molar-refractivity contribution in [1.82, 2.24) is 5.32 Å². The number of fused-ring (bicyclic) bond motifs is 1. The number of amides is 1. The second-order valence-corrected chi connectivity index (χ2v) is 8.33. The zero-order valence-electron chi connectivity index (χ0n) is 12.2. The third kappa shape index (κ3) is 2.85. The topological polar surface area (TPSA) is 89.5 Å². The van der Waals surface area contributed by atoms with Gasteiger partial charge in [0.05, 0.1) is 22.6 Å². The van der Waals surface area contributed by atoms with Gasteiger partial charge in [0.2, 0.25) is 0 Å². The van der Waals surface area contributed by atoms with Crippen LogP contribution in [0.4, 0.5) is 0 Å². The molecule has 0 radical (unpaired) electrons. The number of hydrogen-bond acceptors (Lipinski definition) is 5. The minimum atomic E-state index is -3.11. The van der Waals surface area contributed by atoms with Crippen molar-refractivity contribution in [3.05, 3.63) is 35.4 Å². The van der Waals surface area contributed by atoms with Crippen LogP contribution < -0.4 is 5.32 Å². The van der Waals surface area contributed by atoms with Crippen LogP contribution in [0.1, 0.15) is 29.3 Å². The molecule has 22 heavy (non-hydrogen) atoms. The second kappa shape index (κ2) is 5.08. The molecule has 0 aliphatic carbocycles. The Labute approximate surface area is 128 Å². The molecule has 2 atom stereocenters. The number of esters is 1. The Kier molecular flexibility index (Phi) is 3.47. The van der Waals surface area contributed by atoms with E-state index in [0.29, 0.717) is 18.4 Å². The molecule has 1 amide bonds. The van der Waals surface area contributed by atoms with E-state index in [-0.39, 0.29) is 11.5 Å². The van der Waals surface area contributed by atoms with Gasteiger partial charge in [-0.25, -0.2) is 13.2 Å². The average molecular weight is 323 g/mol. The molecule has 1 saturated heterocycles. The molecule has 2 aliphatic rings. The minimum Gasteiger partial charge on any atom is -0.448 e. The van der Waals surface area contributed by atoms with E-state index in [2.05, 4.69) is 5.32 Å². The van der Waals surface area contributed by atoms with E-state index in [4.69, 9.17) is 4.74 Å². The van der Waals surface area contributed by atoms with Crippen LogP contribution in [0.15, 0.2) is 24.3 Å². The molecular formula is C15H17NO5S. The summed E-state index contributed by atoms with van der Waals surface area (Å²) in [6.07, 6.45) is -0.239. The number of benzene rings is 1. The van der Waals surface area contributed by atoms with Gasteiger partial charge in [0, 0.05) is 6.42 Å². The molecule has 1 fully saturated rings. The van der Waals surface area contributed by atoms with Gasteiger partial charge in [-0.2, -0.15) is 0 Å². The van der Waals surface area contributed by atoms with Gasteiger partial charge in [0.15, 0.2) is 15.9 Å². The summed E-state index contributed by atoms with van der Waals surface area (Å²) >= 11 is 0. The maximum atomic E-state index is 12.3. The highest BCUT2D eigenvalue weighted by Crippen LogP contribution is 2.25. The standard InChI is InChI=1S/C15H17NO5S/c1-15(6-7-22(19,20)9-15)16-13(17)12-8-10-4-2-3-5-11(10)14(18)21-12/h2-5,12H,6-9H2,1H3,(H,16,17)/t12-,15+/m0/s1. The van der Waals surface area contributed by atoms with Gasteiger partial charge in [-0.05, 0) is 25.0 Å². The highest BCUT2D eigenvalue weighted by molar-refractivity contribution is 7.91. The highest BCUT2D eigenvalue weighted by Gasteiger charge is 2.41. The lowest BCUT2D eigenvalue weighted by atomic mass is 9.96. The lowest BCUT2D eigenvalue weighted by molar-refractivity contribution is -0.131. The molecule has 0 spiro atoms. The van der Waals surface area contributed by atoms with E-state index in [9.17, 15) is 18.0 Å². The molecule has 1 N–H and O–H groups in total. The molecular weight excluding hydrogens is 306 g/mol. The third-order valence-electron chi connectivity index (χ3n) is 4.11. The Bertz CT molecular complexity index is 742. The number of sulfone groups is 1. The van der Waals surface area contributed by atoms with Crippen LogP contribution in [0.2, 0.25) is 0 Å². The molecule has 118 valence electrons. The number of ether oxygens (including phenoxy) is 1. The Balaban J connectivity index is 1.74. The molecule has 6 nitrogen and oxygen atoms in total. The van der Waals surface area contributed by atoms with Crippen LogP contribution in [0, 0.1) is 0 Å². The highest BCUT2D eigenvalue weighted by atomic mass is 32.2. The molecule has 0 bridgehead atoms. The Morgan fingerprint density at radius 3 is 2.77 bits per heavy atom. The number of cyclic esters (lactones) is 1. The summed E-state index contributed by atoms with van der Waals surface area (Å²) in [5.41, 5.74) is 0.448.